The Morgan fingerprint density at radius 1 is 1.23 bits per heavy atom. The van der Waals surface area contributed by atoms with Gasteiger partial charge >= 0.3 is 0 Å². The lowest BCUT2D eigenvalue weighted by molar-refractivity contribution is 0.792. The minimum Gasteiger partial charge on any atom is -0.143 e. The monoisotopic (exact) mass is 194 g/mol. The van der Waals surface area contributed by atoms with Gasteiger partial charge in [-0.2, -0.15) is 0 Å². The van der Waals surface area contributed by atoms with Gasteiger partial charge in [0.05, 0.1) is 0 Å². The molecule has 0 aliphatic carbocycles. The Balaban J connectivity index is 2.71. The highest BCUT2D eigenvalue weighted by atomic mass is 32.1. The van der Waals surface area contributed by atoms with Gasteiger partial charge in [-0.05, 0) is 36.5 Å². The summed E-state index contributed by atoms with van der Waals surface area (Å²) < 4.78 is 0. The van der Waals surface area contributed by atoms with Crippen LogP contribution in [0.15, 0.2) is 23.1 Å². The van der Waals surface area contributed by atoms with E-state index in [0.717, 1.165) is 11.3 Å². The van der Waals surface area contributed by atoms with E-state index < -0.39 is 0 Å². The molecule has 0 saturated carbocycles. The number of thiol groups is 1. The smallest absolute Gasteiger partial charge is 0.00746 e. The van der Waals surface area contributed by atoms with Crippen LogP contribution >= 0.6 is 12.6 Å². The van der Waals surface area contributed by atoms with Crippen molar-refractivity contribution in [3.8, 4) is 0 Å². The number of unbranched alkanes of at least 4 members (excludes halogenated alkanes) is 1. The molecular weight excluding hydrogens is 176 g/mol. The van der Waals surface area contributed by atoms with Crippen molar-refractivity contribution in [1.29, 1.82) is 0 Å². The highest BCUT2D eigenvalue weighted by molar-refractivity contribution is 7.80. The predicted octanol–water partition coefficient (Wildman–Crippen LogP) is 3.88. The summed E-state index contributed by atoms with van der Waals surface area (Å²) in [6.07, 6.45) is 4.80. The molecule has 1 aromatic rings. The maximum Gasteiger partial charge on any atom is 0.00746 e. The number of benzene rings is 1. The second-order valence-electron chi connectivity index (χ2n) is 3.42. The molecule has 0 aliphatic heterocycles. The summed E-state index contributed by atoms with van der Waals surface area (Å²) in [5.41, 5.74) is 2.77. The van der Waals surface area contributed by atoms with Crippen LogP contribution in [0.25, 0.3) is 0 Å². The highest BCUT2D eigenvalue weighted by Gasteiger charge is 1.98. The molecule has 0 N–H and O–H groups in total. The molecule has 0 amide bonds. The third-order valence-electron chi connectivity index (χ3n) is 2.35. The summed E-state index contributed by atoms with van der Waals surface area (Å²) >= 11 is 4.47. The highest BCUT2D eigenvalue weighted by Crippen LogP contribution is 2.17. The Morgan fingerprint density at radius 2 is 2.00 bits per heavy atom. The fraction of sp³-hybridized carbons (Fsp3) is 0.500. The predicted molar refractivity (Wildman–Crippen MR) is 61.7 cm³/mol. The van der Waals surface area contributed by atoms with Gasteiger partial charge in [0, 0.05) is 4.90 Å². The average Bonchev–Trinajstić information content (AvgIpc) is 2.15. The van der Waals surface area contributed by atoms with Crippen LogP contribution in [0.5, 0.6) is 0 Å². The van der Waals surface area contributed by atoms with E-state index in [1.165, 1.54) is 30.4 Å². The van der Waals surface area contributed by atoms with Crippen LogP contribution in [-0.2, 0) is 12.8 Å². The third-order valence-corrected chi connectivity index (χ3v) is 2.77. The molecule has 0 spiro atoms. The first-order valence-corrected chi connectivity index (χ1v) is 5.53. The van der Waals surface area contributed by atoms with E-state index in [1.807, 2.05) is 0 Å². The van der Waals surface area contributed by atoms with Crippen LogP contribution in [0.1, 0.15) is 37.8 Å². The lowest BCUT2D eigenvalue weighted by Gasteiger charge is -2.05. The zero-order chi connectivity index (χ0) is 9.68. The van der Waals surface area contributed by atoms with Crippen molar-refractivity contribution in [3.63, 3.8) is 0 Å². The Labute approximate surface area is 86.8 Å². The molecule has 0 nitrogen and oxygen atoms in total. The maximum absolute atomic E-state index is 4.47. The Morgan fingerprint density at radius 3 is 2.54 bits per heavy atom. The van der Waals surface area contributed by atoms with Gasteiger partial charge in [0.2, 0.25) is 0 Å². The van der Waals surface area contributed by atoms with Crippen molar-refractivity contribution in [2.45, 2.75) is 44.4 Å². The van der Waals surface area contributed by atoms with E-state index in [2.05, 4.69) is 44.7 Å². The molecule has 0 radical (unpaired) electrons. The third kappa shape index (κ3) is 3.07. The number of hydrogen-bond acceptors (Lipinski definition) is 1. The summed E-state index contributed by atoms with van der Waals surface area (Å²) in [5, 5.41) is 0. The van der Waals surface area contributed by atoms with Crippen LogP contribution in [0.2, 0.25) is 0 Å². The molecule has 1 rings (SSSR count). The minimum atomic E-state index is 1.08. The lowest BCUT2D eigenvalue weighted by Crippen LogP contribution is -1.88. The zero-order valence-corrected chi connectivity index (χ0v) is 9.40. The largest absolute Gasteiger partial charge is 0.143 e. The molecule has 0 unspecified atom stereocenters. The van der Waals surface area contributed by atoms with Crippen molar-refractivity contribution in [2.75, 3.05) is 0 Å². The first kappa shape index (κ1) is 10.6. The van der Waals surface area contributed by atoms with Crippen LogP contribution < -0.4 is 0 Å². The van der Waals surface area contributed by atoms with E-state index in [-0.39, 0.29) is 0 Å². The van der Waals surface area contributed by atoms with E-state index in [4.69, 9.17) is 0 Å². The van der Waals surface area contributed by atoms with E-state index in [1.54, 1.807) is 0 Å². The van der Waals surface area contributed by atoms with Crippen molar-refractivity contribution in [1.82, 2.24) is 0 Å². The van der Waals surface area contributed by atoms with Crippen molar-refractivity contribution in [3.05, 3.63) is 29.3 Å². The van der Waals surface area contributed by atoms with Crippen molar-refractivity contribution < 1.29 is 0 Å². The first-order valence-electron chi connectivity index (χ1n) is 5.08. The maximum atomic E-state index is 4.47. The fourth-order valence-corrected chi connectivity index (χ4v) is 1.84. The molecule has 0 aliphatic rings. The van der Waals surface area contributed by atoms with Crippen LogP contribution in [-0.4, -0.2) is 0 Å². The van der Waals surface area contributed by atoms with Crippen LogP contribution in [0, 0.1) is 0 Å². The fourth-order valence-electron chi connectivity index (χ4n) is 1.44. The Bertz CT molecular complexity index is 266. The molecule has 0 fully saturated rings. The molecule has 72 valence electrons. The van der Waals surface area contributed by atoms with Gasteiger partial charge in [-0.3, -0.25) is 0 Å². The van der Waals surface area contributed by atoms with E-state index in [0.29, 0.717) is 0 Å². The normalized spacial score (nSPS) is 10.4. The van der Waals surface area contributed by atoms with Gasteiger partial charge in [-0.25, -0.2) is 0 Å². The second-order valence-corrected chi connectivity index (χ2v) is 3.90. The quantitative estimate of drug-likeness (QED) is 0.691. The summed E-state index contributed by atoms with van der Waals surface area (Å²) in [5.74, 6) is 0. The first-order chi connectivity index (χ1) is 6.27. The molecule has 1 aromatic carbocycles. The summed E-state index contributed by atoms with van der Waals surface area (Å²) in [6.45, 7) is 4.39. The molecule has 0 bridgehead atoms. The van der Waals surface area contributed by atoms with Crippen LogP contribution in [0.4, 0.5) is 0 Å². The molecule has 13 heavy (non-hydrogen) atoms. The molecule has 0 atom stereocenters. The molecule has 1 heteroatoms. The zero-order valence-electron chi connectivity index (χ0n) is 8.51. The van der Waals surface area contributed by atoms with E-state index in [9.17, 15) is 0 Å². The summed E-state index contributed by atoms with van der Waals surface area (Å²) in [4.78, 5) is 1.15. The molecule has 0 heterocycles. The standard InChI is InChI=1S/C12H18S/c1-3-5-6-10-7-8-11(4-2)12(13)9-10/h7-9,13H,3-6H2,1-2H3. The average molecular weight is 194 g/mol. The Kier molecular flexibility index (Phi) is 4.37. The van der Waals surface area contributed by atoms with Gasteiger partial charge in [-0.1, -0.05) is 32.4 Å². The van der Waals surface area contributed by atoms with Crippen LogP contribution in [0.3, 0.4) is 0 Å². The van der Waals surface area contributed by atoms with Gasteiger partial charge in [0.25, 0.3) is 0 Å². The number of hydrogen-bond donors (Lipinski definition) is 1. The summed E-state index contributed by atoms with van der Waals surface area (Å²) in [7, 11) is 0. The van der Waals surface area contributed by atoms with Crippen molar-refractivity contribution in [2.24, 2.45) is 0 Å². The SMILES string of the molecule is CCCCc1ccc(CC)c(S)c1. The topological polar surface area (TPSA) is 0 Å². The summed E-state index contributed by atoms with van der Waals surface area (Å²) in [6, 6.07) is 6.64. The Hall–Kier alpha value is -0.430. The number of aryl methyl sites for hydroxylation is 2. The van der Waals surface area contributed by atoms with Gasteiger partial charge in [0.15, 0.2) is 0 Å². The minimum absolute atomic E-state index is 1.08. The molecule has 0 saturated heterocycles. The second kappa shape index (κ2) is 5.33. The lowest BCUT2D eigenvalue weighted by atomic mass is 10.1. The van der Waals surface area contributed by atoms with Crippen molar-refractivity contribution >= 4 is 12.6 Å². The van der Waals surface area contributed by atoms with Gasteiger partial charge in [0.1, 0.15) is 0 Å². The molecular formula is C12H18S. The number of rotatable bonds is 4. The van der Waals surface area contributed by atoms with Gasteiger partial charge < -0.3 is 0 Å². The van der Waals surface area contributed by atoms with E-state index >= 15 is 0 Å². The van der Waals surface area contributed by atoms with Gasteiger partial charge in [-0.15, -0.1) is 12.6 Å². The molecule has 0 aromatic heterocycles.